The van der Waals surface area contributed by atoms with Crippen LogP contribution in [0.15, 0.2) is 17.5 Å². The molecule has 0 fully saturated rings. The minimum atomic E-state index is 0.461. The van der Waals surface area contributed by atoms with Crippen molar-refractivity contribution in [2.45, 2.75) is 13.3 Å². The van der Waals surface area contributed by atoms with Gasteiger partial charge in [-0.1, -0.05) is 0 Å². The zero-order chi connectivity index (χ0) is 10.1. The van der Waals surface area contributed by atoms with Crippen molar-refractivity contribution in [2.24, 2.45) is 0 Å². The maximum absolute atomic E-state index is 8.64. The molecule has 1 aromatic heterocycles. The number of nitrogens with two attached hydrogens (primary N) is 1. The van der Waals surface area contributed by atoms with E-state index in [1.165, 1.54) is 4.70 Å². The van der Waals surface area contributed by atoms with Gasteiger partial charge in [0, 0.05) is 10.4 Å². The Balaban J connectivity index is 2.69. The number of fused-ring (bicyclic) bond motifs is 1. The monoisotopic (exact) mass is 202 g/mol. The van der Waals surface area contributed by atoms with Crippen LogP contribution < -0.4 is 5.73 Å². The summed E-state index contributed by atoms with van der Waals surface area (Å²) in [6.45, 7) is 2.00. The minimum absolute atomic E-state index is 0.461. The first kappa shape index (κ1) is 9.04. The molecule has 0 spiro atoms. The van der Waals surface area contributed by atoms with E-state index in [1.807, 2.05) is 18.4 Å². The molecule has 0 radical (unpaired) electrons. The molecule has 14 heavy (non-hydrogen) atoms. The number of hydrogen-bond acceptors (Lipinski definition) is 3. The van der Waals surface area contributed by atoms with Gasteiger partial charge in [0.1, 0.15) is 0 Å². The van der Waals surface area contributed by atoms with Crippen molar-refractivity contribution in [3.8, 4) is 6.07 Å². The standard InChI is InChI=1S/C11H10N2S/c1-7-4-11-9(5-10(7)13)8(2-3-12)6-14-11/h4-6H,2,13H2,1H3. The smallest absolute Gasteiger partial charge is 0.0670 e. The molecule has 2 nitrogen and oxygen atoms in total. The highest BCUT2D eigenvalue weighted by molar-refractivity contribution is 7.17. The fraction of sp³-hybridized carbons (Fsp3) is 0.182. The highest BCUT2D eigenvalue weighted by Crippen LogP contribution is 2.30. The summed E-state index contributed by atoms with van der Waals surface area (Å²) in [7, 11) is 0. The summed E-state index contributed by atoms with van der Waals surface area (Å²) < 4.78 is 1.21. The van der Waals surface area contributed by atoms with E-state index in [9.17, 15) is 0 Å². The molecule has 2 rings (SSSR count). The zero-order valence-electron chi connectivity index (χ0n) is 7.87. The van der Waals surface area contributed by atoms with E-state index in [2.05, 4.69) is 12.1 Å². The van der Waals surface area contributed by atoms with Crippen molar-refractivity contribution in [1.29, 1.82) is 5.26 Å². The molecule has 0 amide bonds. The fourth-order valence-electron chi connectivity index (χ4n) is 1.47. The molecule has 1 aromatic carbocycles. The number of nitriles is 1. The number of thiophene rings is 1. The molecule has 0 atom stereocenters. The maximum Gasteiger partial charge on any atom is 0.0670 e. The fourth-order valence-corrected chi connectivity index (χ4v) is 2.51. The lowest BCUT2D eigenvalue weighted by molar-refractivity contribution is 1.30. The van der Waals surface area contributed by atoms with Crippen molar-refractivity contribution in [3.05, 3.63) is 28.6 Å². The van der Waals surface area contributed by atoms with Crippen LogP contribution in [0.5, 0.6) is 0 Å². The van der Waals surface area contributed by atoms with Gasteiger partial charge in [-0.2, -0.15) is 5.26 Å². The van der Waals surface area contributed by atoms with Crippen LogP contribution in [0.2, 0.25) is 0 Å². The SMILES string of the molecule is Cc1cc2scc(CC#N)c2cc1N. The van der Waals surface area contributed by atoms with Crippen LogP contribution in [-0.4, -0.2) is 0 Å². The summed E-state index contributed by atoms with van der Waals surface area (Å²) in [6, 6.07) is 6.21. The van der Waals surface area contributed by atoms with E-state index in [0.29, 0.717) is 6.42 Å². The van der Waals surface area contributed by atoms with E-state index in [0.717, 1.165) is 22.2 Å². The Labute approximate surface area is 86.6 Å². The van der Waals surface area contributed by atoms with Crippen molar-refractivity contribution < 1.29 is 0 Å². The Bertz CT molecular complexity index is 520. The molecule has 2 N–H and O–H groups in total. The summed E-state index contributed by atoms with van der Waals surface area (Å²) >= 11 is 1.67. The molecule has 0 unspecified atom stereocenters. The van der Waals surface area contributed by atoms with Gasteiger partial charge in [-0.25, -0.2) is 0 Å². The molecule has 0 bridgehead atoms. The zero-order valence-corrected chi connectivity index (χ0v) is 8.69. The lowest BCUT2D eigenvalue weighted by Crippen LogP contribution is -1.88. The first-order valence-corrected chi connectivity index (χ1v) is 5.23. The molecule has 3 heteroatoms. The average molecular weight is 202 g/mol. The van der Waals surface area contributed by atoms with Crippen LogP contribution in [0.1, 0.15) is 11.1 Å². The molecule has 2 aromatic rings. The van der Waals surface area contributed by atoms with Gasteiger partial charge < -0.3 is 5.73 Å². The summed E-state index contributed by atoms with van der Waals surface area (Å²) in [5.41, 5.74) is 8.82. The van der Waals surface area contributed by atoms with Gasteiger partial charge in [-0.15, -0.1) is 11.3 Å². The van der Waals surface area contributed by atoms with Gasteiger partial charge in [-0.05, 0) is 40.9 Å². The third kappa shape index (κ3) is 1.34. The minimum Gasteiger partial charge on any atom is -0.398 e. The second kappa shape index (κ2) is 3.32. The summed E-state index contributed by atoms with van der Waals surface area (Å²) in [5, 5.41) is 11.8. The Morgan fingerprint density at radius 1 is 1.50 bits per heavy atom. The normalized spacial score (nSPS) is 10.3. The topological polar surface area (TPSA) is 49.8 Å². The van der Waals surface area contributed by atoms with E-state index in [1.54, 1.807) is 11.3 Å². The van der Waals surface area contributed by atoms with E-state index in [-0.39, 0.29) is 0 Å². The van der Waals surface area contributed by atoms with Crippen LogP contribution in [0.3, 0.4) is 0 Å². The Morgan fingerprint density at radius 3 is 3.00 bits per heavy atom. The van der Waals surface area contributed by atoms with Crippen LogP contribution in [0.4, 0.5) is 5.69 Å². The quantitative estimate of drug-likeness (QED) is 0.723. The van der Waals surface area contributed by atoms with Gasteiger partial charge in [0.15, 0.2) is 0 Å². The number of nitrogen functional groups attached to an aromatic ring is 1. The van der Waals surface area contributed by atoms with Gasteiger partial charge >= 0.3 is 0 Å². The van der Waals surface area contributed by atoms with E-state index >= 15 is 0 Å². The van der Waals surface area contributed by atoms with Crippen LogP contribution in [0.25, 0.3) is 10.1 Å². The highest BCUT2D eigenvalue weighted by Gasteiger charge is 2.05. The van der Waals surface area contributed by atoms with Crippen molar-refractivity contribution in [3.63, 3.8) is 0 Å². The second-order valence-electron chi connectivity index (χ2n) is 3.30. The van der Waals surface area contributed by atoms with Crippen molar-refractivity contribution >= 4 is 27.1 Å². The largest absolute Gasteiger partial charge is 0.398 e. The van der Waals surface area contributed by atoms with Gasteiger partial charge in [0.25, 0.3) is 0 Å². The molecule has 70 valence electrons. The van der Waals surface area contributed by atoms with Gasteiger partial charge in [0.2, 0.25) is 0 Å². The van der Waals surface area contributed by atoms with Crippen molar-refractivity contribution in [1.82, 2.24) is 0 Å². The molecule has 0 saturated heterocycles. The number of hydrogen-bond donors (Lipinski definition) is 1. The first-order chi connectivity index (χ1) is 6.72. The number of aryl methyl sites for hydroxylation is 1. The van der Waals surface area contributed by atoms with Crippen LogP contribution in [-0.2, 0) is 6.42 Å². The molecular formula is C11H10N2S. The molecule has 1 heterocycles. The molecule has 0 aliphatic heterocycles. The lowest BCUT2D eigenvalue weighted by atomic mass is 10.1. The predicted octanol–water partition coefficient (Wildman–Crippen LogP) is 2.86. The van der Waals surface area contributed by atoms with E-state index < -0.39 is 0 Å². The summed E-state index contributed by atoms with van der Waals surface area (Å²) in [4.78, 5) is 0. The predicted molar refractivity (Wildman–Crippen MR) is 60.3 cm³/mol. The molecule has 0 saturated carbocycles. The highest BCUT2D eigenvalue weighted by atomic mass is 32.1. The molecule has 0 aliphatic rings. The third-order valence-electron chi connectivity index (χ3n) is 2.31. The Kier molecular flexibility index (Phi) is 2.14. The number of anilines is 1. The van der Waals surface area contributed by atoms with Crippen LogP contribution in [0, 0.1) is 18.3 Å². The maximum atomic E-state index is 8.64. The molecule has 0 aliphatic carbocycles. The summed E-state index contributed by atoms with van der Waals surface area (Å²) in [5.74, 6) is 0. The van der Waals surface area contributed by atoms with Gasteiger partial charge in [0.05, 0.1) is 12.5 Å². The van der Waals surface area contributed by atoms with Gasteiger partial charge in [-0.3, -0.25) is 0 Å². The Morgan fingerprint density at radius 2 is 2.29 bits per heavy atom. The number of nitrogens with zero attached hydrogens (tertiary/aromatic N) is 1. The second-order valence-corrected chi connectivity index (χ2v) is 4.21. The Hall–Kier alpha value is -1.53. The first-order valence-electron chi connectivity index (χ1n) is 4.35. The third-order valence-corrected chi connectivity index (χ3v) is 3.31. The summed E-state index contributed by atoms with van der Waals surface area (Å²) in [6.07, 6.45) is 0.461. The van der Waals surface area contributed by atoms with Crippen LogP contribution >= 0.6 is 11.3 Å². The number of benzene rings is 1. The van der Waals surface area contributed by atoms with E-state index in [4.69, 9.17) is 11.0 Å². The average Bonchev–Trinajstić information content (AvgIpc) is 2.51. The molecular weight excluding hydrogens is 192 g/mol. The van der Waals surface area contributed by atoms with Crippen molar-refractivity contribution in [2.75, 3.05) is 5.73 Å². The number of rotatable bonds is 1. The lowest BCUT2D eigenvalue weighted by Gasteiger charge is -2.00.